The van der Waals surface area contributed by atoms with E-state index in [9.17, 15) is 19.5 Å². The third kappa shape index (κ3) is 4.54. The van der Waals surface area contributed by atoms with Gasteiger partial charge in [0.2, 0.25) is 11.8 Å². The topological polar surface area (TPSA) is 129 Å². The molecule has 178 valence electrons. The summed E-state index contributed by atoms with van der Waals surface area (Å²) in [5.41, 5.74) is 4.33. The van der Waals surface area contributed by atoms with E-state index in [0.717, 1.165) is 35.1 Å². The molecule has 1 saturated carbocycles. The van der Waals surface area contributed by atoms with E-state index >= 15 is 0 Å². The van der Waals surface area contributed by atoms with Crippen molar-refractivity contribution in [3.8, 4) is 0 Å². The third-order valence-corrected chi connectivity index (χ3v) is 6.85. The molecule has 0 aromatic rings. The zero-order valence-electron chi connectivity index (χ0n) is 19.5. The first-order valence-electron chi connectivity index (χ1n) is 10.8. The second kappa shape index (κ2) is 9.26. The molecule has 1 fully saturated rings. The lowest BCUT2D eigenvalue weighted by atomic mass is 9.67. The van der Waals surface area contributed by atoms with E-state index in [1.807, 2.05) is 13.8 Å². The van der Waals surface area contributed by atoms with Gasteiger partial charge in [0.05, 0.1) is 6.21 Å². The Balaban J connectivity index is 1.70. The number of hydrogen-bond acceptors (Lipinski definition) is 8. The minimum atomic E-state index is -1.40. The minimum absolute atomic E-state index is 0.0866. The molecule has 0 heterocycles. The van der Waals surface area contributed by atoms with Crippen molar-refractivity contribution >= 4 is 42.3 Å². The molecule has 0 aromatic heterocycles. The van der Waals surface area contributed by atoms with Crippen molar-refractivity contribution in [3.63, 3.8) is 0 Å². The first kappa shape index (κ1) is 24.9. The van der Waals surface area contributed by atoms with Crippen LogP contribution >= 0.6 is 12.6 Å². The van der Waals surface area contributed by atoms with Gasteiger partial charge in [-0.15, -0.1) is 5.10 Å². The van der Waals surface area contributed by atoms with E-state index in [-0.39, 0.29) is 17.6 Å². The summed E-state index contributed by atoms with van der Waals surface area (Å²) in [5.74, 6) is -0.575. The number of amides is 2. The Kier molecular flexibility index (Phi) is 6.99. The van der Waals surface area contributed by atoms with E-state index < -0.39 is 23.0 Å². The number of hydrogen-bond donors (Lipinski definition) is 4. The van der Waals surface area contributed by atoms with Crippen LogP contribution in [-0.2, 0) is 19.2 Å². The van der Waals surface area contributed by atoms with Gasteiger partial charge in [-0.1, -0.05) is 10.7 Å². The maximum Gasteiger partial charge on any atom is 0.262 e. The Labute approximate surface area is 198 Å². The van der Waals surface area contributed by atoms with E-state index in [1.165, 1.54) is 20.1 Å². The Hall–Kier alpha value is -2.72. The third-order valence-electron chi connectivity index (χ3n) is 6.59. The Morgan fingerprint density at radius 3 is 2.58 bits per heavy atom. The first-order valence-corrected chi connectivity index (χ1v) is 11.4. The van der Waals surface area contributed by atoms with Crippen molar-refractivity contribution in [2.75, 3.05) is 5.75 Å². The molecule has 10 heteroatoms. The fourth-order valence-electron chi connectivity index (χ4n) is 4.56. The number of hydrazone groups is 1. The van der Waals surface area contributed by atoms with E-state index in [1.54, 1.807) is 13.0 Å². The molecule has 3 N–H and O–H groups in total. The highest BCUT2D eigenvalue weighted by atomic mass is 32.1. The van der Waals surface area contributed by atoms with Crippen molar-refractivity contribution in [2.24, 2.45) is 15.7 Å². The van der Waals surface area contributed by atoms with Crippen LogP contribution in [0.4, 0.5) is 0 Å². The summed E-state index contributed by atoms with van der Waals surface area (Å²) in [7, 11) is 0. The highest BCUT2D eigenvalue weighted by Crippen LogP contribution is 2.64. The molecule has 1 unspecified atom stereocenters. The van der Waals surface area contributed by atoms with Crippen molar-refractivity contribution in [1.29, 1.82) is 0 Å². The number of carbonyl (C=O) groups is 3. The number of rotatable bonds is 7. The van der Waals surface area contributed by atoms with Crippen LogP contribution in [0.15, 0.2) is 44.2 Å². The highest BCUT2D eigenvalue weighted by molar-refractivity contribution is 7.80. The summed E-state index contributed by atoms with van der Waals surface area (Å²) in [6.07, 6.45) is 5.19. The number of Topliss-reactive ketones (excluding diaryl/α,β-unsaturated/α-hetero) is 1. The predicted molar refractivity (Wildman–Crippen MR) is 128 cm³/mol. The minimum Gasteiger partial charge on any atom is -0.381 e. The average molecular weight is 475 g/mol. The molecule has 0 aliphatic heterocycles. The van der Waals surface area contributed by atoms with Crippen LogP contribution in [-0.4, -0.2) is 52.2 Å². The molecule has 0 radical (unpaired) electrons. The van der Waals surface area contributed by atoms with E-state index in [0.29, 0.717) is 17.7 Å². The highest BCUT2D eigenvalue weighted by Gasteiger charge is 2.65. The van der Waals surface area contributed by atoms with Crippen LogP contribution in [0.2, 0.25) is 0 Å². The number of ketones is 1. The maximum atomic E-state index is 13.0. The Bertz CT molecular complexity index is 1050. The lowest BCUT2D eigenvalue weighted by molar-refractivity contribution is -0.137. The van der Waals surface area contributed by atoms with Crippen LogP contribution in [0, 0.1) is 5.41 Å². The van der Waals surface area contributed by atoms with Gasteiger partial charge in [0.25, 0.3) is 5.91 Å². The van der Waals surface area contributed by atoms with Crippen molar-refractivity contribution < 1.29 is 24.3 Å². The van der Waals surface area contributed by atoms with Gasteiger partial charge in [0, 0.05) is 30.4 Å². The molecule has 2 amide bonds. The van der Waals surface area contributed by atoms with Crippen LogP contribution < -0.4 is 10.7 Å². The van der Waals surface area contributed by atoms with Gasteiger partial charge >= 0.3 is 0 Å². The Morgan fingerprint density at radius 1 is 1.33 bits per heavy atom. The largest absolute Gasteiger partial charge is 0.381 e. The molecular weight excluding hydrogens is 444 g/mol. The lowest BCUT2D eigenvalue weighted by Crippen LogP contribution is -2.49. The summed E-state index contributed by atoms with van der Waals surface area (Å²) in [5, 5.41) is 21.3. The number of carbonyl (C=O) groups excluding carboxylic acids is 3. The van der Waals surface area contributed by atoms with Crippen molar-refractivity contribution in [2.45, 2.75) is 65.5 Å². The molecule has 3 aliphatic carbocycles. The van der Waals surface area contributed by atoms with Gasteiger partial charge in [0.1, 0.15) is 11.6 Å². The zero-order chi connectivity index (χ0) is 24.6. The molecule has 0 bridgehead atoms. The summed E-state index contributed by atoms with van der Waals surface area (Å²) in [6, 6.07) is -0.749. The number of nitrogens with one attached hydrogen (secondary N) is 2. The fraction of sp³-hybridized carbons (Fsp3) is 0.522. The van der Waals surface area contributed by atoms with Gasteiger partial charge in [-0.2, -0.15) is 12.6 Å². The number of fused-ring (bicyclic) bond motifs is 1. The molecule has 1 spiro atoms. The average Bonchev–Trinajstić information content (AvgIpc) is 3.50. The lowest BCUT2D eigenvalue weighted by Gasteiger charge is -2.39. The van der Waals surface area contributed by atoms with E-state index in [2.05, 4.69) is 33.6 Å². The van der Waals surface area contributed by atoms with Crippen LogP contribution in [0.3, 0.4) is 0 Å². The van der Waals surface area contributed by atoms with Gasteiger partial charge in [-0.3, -0.25) is 14.4 Å². The summed E-state index contributed by atoms with van der Waals surface area (Å²) < 4.78 is 0. The molecular formula is C23H30N4O5S. The number of nitrogens with zero attached hydrogens (tertiary/aromatic N) is 2. The van der Waals surface area contributed by atoms with Crippen LogP contribution in [0.25, 0.3) is 0 Å². The summed E-state index contributed by atoms with van der Waals surface area (Å²) in [4.78, 5) is 41.7. The van der Waals surface area contributed by atoms with E-state index in [4.69, 9.17) is 4.84 Å². The monoisotopic (exact) mass is 474 g/mol. The predicted octanol–water partition coefficient (Wildman–Crippen LogP) is 1.95. The molecule has 33 heavy (non-hydrogen) atoms. The number of allylic oxidation sites excluding steroid dienone is 4. The van der Waals surface area contributed by atoms with Gasteiger partial charge < -0.3 is 15.3 Å². The molecule has 3 rings (SSSR count). The van der Waals surface area contributed by atoms with Gasteiger partial charge in [-0.25, -0.2) is 5.43 Å². The number of thiol groups is 1. The molecule has 9 nitrogen and oxygen atoms in total. The van der Waals surface area contributed by atoms with Crippen LogP contribution in [0.5, 0.6) is 0 Å². The number of oxime groups is 1. The molecule has 0 saturated heterocycles. The molecule has 2 atom stereocenters. The molecule has 3 aliphatic rings. The van der Waals surface area contributed by atoms with Gasteiger partial charge in [-0.05, 0) is 63.0 Å². The van der Waals surface area contributed by atoms with Gasteiger partial charge in [0.15, 0.2) is 5.78 Å². The standard InChI is InChI=1S/C23H30N4O5S/c1-12-10-16-19(13(2)23(7-8-23)22(5,31)20(16)29)17(12)11-24-32-15(4)26-27-21(30)18(6-9-33)25-14(3)28/h10-11,18,31,33H,6-9H2,1-5H3,(H,25,28)(H,27,30)/b24-11?,26-15-/t18?,22-/m0/s1. The van der Waals surface area contributed by atoms with Crippen molar-refractivity contribution in [1.82, 2.24) is 10.7 Å². The zero-order valence-corrected chi connectivity index (χ0v) is 20.4. The second-order valence-electron chi connectivity index (χ2n) is 8.84. The maximum absolute atomic E-state index is 13.0. The number of aliphatic hydroxyl groups is 1. The Morgan fingerprint density at radius 2 is 2.00 bits per heavy atom. The SMILES string of the molecule is CC(=O)NC(CCS)C(=O)N/N=C(/C)ON=CC1=C(C)C=C2C(=O)[C@](C)(O)C3(CC3)C(C)=C21. The summed E-state index contributed by atoms with van der Waals surface area (Å²) >= 11 is 4.09. The fourth-order valence-corrected chi connectivity index (χ4v) is 4.82. The smallest absolute Gasteiger partial charge is 0.262 e. The quantitative estimate of drug-likeness (QED) is 0.194. The first-order chi connectivity index (χ1) is 15.5. The molecule has 0 aromatic carbocycles. The van der Waals surface area contributed by atoms with Crippen molar-refractivity contribution in [3.05, 3.63) is 33.9 Å². The summed E-state index contributed by atoms with van der Waals surface area (Å²) in [6.45, 7) is 8.29. The normalized spacial score (nSPS) is 24.8. The second-order valence-corrected chi connectivity index (χ2v) is 9.28. The van der Waals surface area contributed by atoms with Crippen LogP contribution in [0.1, 0.15) is 53.9 Å².